The van der Waals surface area contributed by atoms with E-state index < -0.39 is 5.60 Å². The normalized spacial score (nSPS) is 19.7. The van der Waals surface area contributed by atoms with E-state index in [1.54, 1.807) is 0 Å². The molecule has 1 unspecified atom stereocenters. The first-order valence-corrected chi connectivity index (χ1v) is 8.54. The molecule has 1 aliphatic rings. The molecule has 1 aliphatic heterocycles. The maximum absolute atomic E-state index is 10.4. The van der Waals surface area contributed by atoms with Crippen LogP contribution in [-0.2, 0) is 16.9 Å². The molecule has 0 saturated carbocycles. The molecule has 128 valence electrons. The summed E-state index contributed by atoms with van der Waals surface area (Å²) in [4.78, 5) is 6.53. The molecule has 0 aliphatic carbocycles. The number of rotatable bonds is 5. The Balaban J connectivity index is 2.05. The van der Waals surface area contributed by atoms with Crippen molar-refractivity contribution in [3.8, 4) is 5.75 Å². The molecule has 2 aromatic rings. The van der Waals surface area contributed by atoms with Gasteiger partial charge < -0.3 is 14.7 Å². The second-order valence-corrected chi connectivity index (χ2v) is 7.05. The predicted octanol–water partition coefficient (Wildman–Crippen LogP) is 3.86. The minimum absolute atomic E-state index is 0.246. The number of aryl methyl sites for hydroxylation is 1. The minimum atomic E-state index is -0.575. The van der Waals surface area contributed by atoms with Crippen LogP contribution in [0.3, 0.4) is 0 Å². The number of aromatic nitrogens is 1. The zero-order valence-corrected chi connectivity index (χ0v) is 15.1. The molecule has 24 heavy (non-hydrogen) atoms. The molecule has 0 radical (unpaired) electrons. The first-order valence-electron chi connectivity index (χ1n) is 8.16. The highest BCUT2D eigenvalue weighted by molar-refractivity contribution is 6.30. The average molecular weight is 347 g/mol. The summed E-state index contributed by atoms with van der Waals surface area (Å²) in [6.45, 7) is 3.18. The number of nitrogens with zero attached hydrogens (tertiary/aromatic N) is 2. The number of hydrogen-bond donors (Lipinski definition) is 1. The van der Waals surface area contributed by atoms with Crippen LogP contribution < -0.4 is 0 Å². The van der Waals surface area contributed by atoms with Gasteiger partial charge in [0.25, 0.3) is 0 Å². The Morgan fingerprint density at radius 1 is 1.29 bits per heavy atom. The first-order chi connectivity index (χ1) is 11.4. The molecule has 0 spiro atoms. The van der Waals surface area contributed by atoms with Gasteiger partial charge in [0.1, 0.15) is 11.4 Å². The number of pyridine rings is 1. The summed E-state index contributed by atoms with van der Waals surface area (Å²) in [5.74, 6) is 0.246. The minimum Gasteiger partial charge on any atom is -0.506 e. The smallest absolute Gasteiger partial charge is 0.142 e. The van der Waals surface area contributed by atoms with Gasteiger partial charge in [0.05, 0.1) is 12.3 Å². The summed E-state index contributed by atoms with van der Waals surface area (Å²) in [6.07, 6.45) is 3.65. The van der Waals surface area contributed by atoms with E-state index in [9.17, 15) is 5.11 Å². The largest absolute Gasteiger partial charge is 0.506 e. The lowest BCUT2D eigenvalue weighted by atomic mass is 9.82. The zero-order chi connectivity index (χ0) is 17.3. The Bertz CT molecular complexity index is 731. The summed E-state index contributed by atoms with van der Waals surface area (Å²) in [7, 11) is 4.13. The predicted molar refractivity (Wildman–Crippen MR) is 95.4 cm³/mol. The summed E-state index contributed by atoms with van der Waals surface area (Å²) >= 11 is 6.06. The van der Waals surface area contributed by atoms with Gasteiger partial charge in [-0.1, -0.05) is 23.7 Å². The molecule has 4 nitrogen and oxygen atoms in total. The number of hydrogen-bond acceptors (Lipinski definition) is 4. The highest BCUT2D eigenvalue weighted by Gasteiger charge is 2.43. The van der Waals surface area contributed by atoms with Gasteiger partial charge in [0.2, 0.25) is 0 Å². The van der Waals surface area contributed by atoms with E-state index >= 15 is 0 Å². The van der Waals surface area contributed by atoms with E-state index in [0.717, 1.165) is 36.1 Å². The summed E-state index contributed by atoms with van der Waals surface area (Å²) in [6, 6.07) is 7.77. The second-order valence-electron chi connectivity index (χ2n) is 6.61. The SMILES string of the molecule is Cc1ncc2c(c1O)COC2(CCCN(C)C)c1ccc(Cl)cc1. The molecule has 0 fully saturated rings. The van der Waals surface area contributed by atoms with Gasteiger partial charge in [0, 0.05) is 22.3 Å². The highest BCUT2D eigenvalue weighted by atomic mass is 35.5. The molecule has 0 bridgehead atoms. The van der Waals surface area contributed by atoms with Crippen LogP contribution in [0.4, 0.5) is 0 Å². The molecular formula is C19H23ClN2O2. The Kier molecular flexibility index (Phi) is 4.81. The molecular weight excluding hydrogens is 324 g/mol. The van der Waals surface area contributed by atoms with Gasteiger partial charge >= 0.3 is 0 Å². The highest BCUT2D eigenvalue weighted by Crippen LogP contribution is 2.48. The molecule has 1 aromatic carbocycles. The summed E-state index contributed by atoms with van der Waals surface area (Å²) < 4.78 is 6.29. The lowest BCUT2D eigenvalue weighted by molar-refractivity contribution is -0.0142. The van der Waals surface area contributed by atoms with Crippen molar-refractivity contribution in [1.82, 2.24) is 9.88 Å². The molecule has 2 heterocycles. The Hall–Kier alpha value is -1.62. The first kappa shape index (κ1) is 17.2. The van der Waals surface area contributed by atoms with Crippen molar-refractivity contribution in [3.05, 3.63) is 57.9 Å². The van der Waals surface area contributed by atoms with Gasteiger partial charge in [-0.25, -0.2) is 0 Å². The quantitative estimate of drug-likeness (QED) is 0.892. The van der Waals surface area contributed by atoms with Crippen LogP contribution in [0, 0.1) is 6.92 Å². The van der Waals surface area contributed by atoms with Gasteiger partial charge in [-0.15, -0.1) is 0 Å². The fourth-order valence-corrected chi connectivity index (χ4v) is 3.49. The van der Waals surface area contributed by atoms with Crippen molar-refractivity contribution in [3.63, 3.8) is 0 Å². The van der Waals surface area contributed by atoms with Crippen LogP contribution in [0.1, 0.15) is 35.2 Å². The van der Waals surface area contributed by atoms with E-state index in [-0.39, 0.29) is 5.75 Å². The van der Waals surface area contributed by atoms with Crippen LogP contribution in [0.25, 0.3) is 0 Å². The van der Waals surface area contributed by atoms with Gasteiger partial charge in [-0.05, 0) is 58.1 Å². The number of aromatic hydroxyl groups is 1. The van der Waals surface area contributed by atoms with E-state index in [2.05, 4.69) is 24.0 Å². The zero-order valence-electron chi connectivity index (χ0n) is 14.3. The molecule has 5 heteroatoms. The number of benzene rings is 1. The van der Waals surface area contributed by atoms with Crippen LogP contribution in [-0.4, -0.2) is 35.6 Å². The maximum Gasteiger partial charge on any atom is 0.142 e. The average Bonchev–Trinajstić information content (AvgIpc) is 2.92. The lowest BCUT2D eigenvalue weighted by Gasteiger charge is -2.31. The van der Waals surface area contributed by atoms with E-state index in [1.165, 1.54) is 0 Å². The third kappa shape index (κ3) is 3.02. The molecule has 1 atom stereocenters. The van der Waals surface area contributed by atoms with Crippen molar-refractivity contribution >= 4 is 11.6 Å². The summed E-state index contributed by atoms with van der Waals surface area (Å²) in [5, 5.41) is 11.1. The number of halogens is 1. The Morgan fingerprint density at radius 2 is 2.00 bits per heavy atom. The fourth-order valence-electron chi connectivity index (χ4n) is 3.37. The van der Waals surface area contributed by atoms with E-state index in [1.807, 2.05) is 37.4 Å². The number of ether oxygens (including phenoxy) is 1. The molecule has 0 saturated heterocycles. The van der Waals surface area contributed by atoms with Crippen LogP contribution >= 0.6 is 11.6 Å². The van der Waals surface area contributed by atoms with Crippen LogP contribution in [0.5, 0.6) is 5.75 Å². The Labute approximate surface area is 148 Å². The van der Waals surface area contributed by atoms with Crippen LogP contribution in [0.2, 0.25) is 5.02 Å². The van der Waals surface area contributed by atoms with Gasteiger partial charge in [-0.2, -0.15) is 0 Å². The van der Waals surface area contributed by atoms with E-state index in [4.69, 9.17) is 16.3 Å². The third-order valence-electron chi connectivity index (χ3n) is 4.68. The number of fused-ring (bicyclic) bond motifs is 1. The van der Waals surface area contributed by atoms with Crippen molar-refractivity contribution in [2.24, 2.45) is 0 Å². The maximum atomic E-state index is 10.4. The standard InChI is InChI=1S/C19H23ClN2O2/c1-13-18(23)16-12-24-19(17(16)11-21-13,9-4-10-22(2)3)14-5-7-15(20)8-6-14/h5-8,11,23H,4,9-10,12H2,1-3H3. The van der Waals surface area contributed by atoms with Crippen molar-refractivity contribution in [1.29, 1.82) is 0 Å². The topological polar surface area (TPSA) is 45.6 Å². The van der Waals surface area contributed by atoms with Crippen molar-refractivity contribution in [2.45, 2.75) is 32.0 Å². The molecule has 0 amide bonds. The molecule has 1 N–H and O–H groups in total. The fraction of sp³-hybridized carbons (Fsp3) is 0.421. The van der Waals surface area contributed by atoms with E-state index in [0.29, 0.717) is 17.3 Å². The third-order valence-corrected chi connectivity index (χ3v) is 4.94. The molecule has 1 aromatic heterocycles. The van der Waals surface area contributed by atoms with Crippen LogP contribution in [0.15, 0.2) is 30.5 Å². The monoisotopic (exact) mass is 346 g/mol. The van der Waals surface area contributed by atoms with Gasteiger partial charge in [-0.3, -0.25) is 4.98 Å². The van der Waals surface area contributed by atoms with Crippen molar-refractivity contribution < 1.29 is 9.84 Å². The Morgan fingerprint density at radius 3 is 2.67 bits per heavy atom. The summed E-state index contributed by atoms with van der Waals surface area (Å²) in [5.41, 5.74) is 2.93. The lowest BCUT2D eigenvalue weighted by Crippen LogP contribution is -2.28. The van der Waals surface area contributed by atoms with Crippen molar-refractivity contribution in [2.75, 3.05) is 20.6 Å². The van der Waals surface area contributed by atoms with Gasteiger partial charge in [0.15, 0.2) is 0 Å². The second kappa shape index (κ2) is 6.71. The molecule has 3 rings (SSSR count).